The molecular formula is C12H20N4O2. The number of amides is 2. The van der Waals surface area contributed by atoms with Crippen LogP contribution in [-0.4, -0.2) is 51.1 Å². The summed E-state index contributed by atoms with van der Waals surface area (Å²) in [6, 6.07) is 0. The zero-order chi connectivity index (χ0) is 14.0. The minimum atomic E-state index is -0.311. The quantitative estimate of drug-likeness (QED) is 0.198. The Bertz CT molecular complexity index is 350. The van der Waals surface area contributed by atoms with Crippen molar-refractivity contribution in [3.63, 3.8) is 0 Å². The number of likely N-dealkylation sites (N-methyl/N-ethyl adjacent to an activating group) is 1. The van der Waals surface area contributed by atoms with E-state index in [1.54, 1.807) is 11.9 Å². The van der Waals surface area contributed by atoms with E-state index in [-0.39, 0.29) is 11.6 Å². The van der Waals surface area contributed by atoms with E-state index in [2.05, 4.69) is 28.9 Å². The van der Waals surface area contributed by atoms with Crippen LogP contribution in [0, 0.1) is 0 Å². The molecule has 0 unspecified atom stereocenters. The third kappa shape index (κ3) is 6.47. The van der Waals surface area contributed by atoms with Gasteiger partial charge in [-0.2, -0.15) is 0 Å². The van der Waals surface area contributed by atoms with Crippen LogP contribution < -0.4 is 10.6 Å². The number of aliphatic imine (C=N–C) groups is 1. The largest absolute Gasteiger partial charge is 0.385 e. The number of rotatable bonds is 9. The molecule has 2 N–H and O–H groups in total. The second-order valence-electron chi connectivity index (χ2n) is 3.66. The molecule has 0 spiro atoms. The van der Waals surface area contributed by atoms with E-state index < -0.39 is 0 Å². The molecule has 0 rings (SSSR count). The average molecular weight is 252 g/mol. The van der Waals surface area contributed by atoms with Gasteiger partial charge in [-0.1, -0.05) is 6.58 Å². The second-order valence-corrected chi connectivity index (χ2v) is 3.66. The van der Waals surface area contributed by atoms with Crippen molar-refractivity contribution in [3.8, 4) is 0 Å². The maximum atomic E-state index is 11.3. The summed E-state index contributed by atoms with van der Waals surface area (Å²) in [4.78, 5) is 26.8. The van der Waals surface area contributed by atoms with E-state index in [0.29, 0.717) is 18.8 Å². The highest BCUT2D eigenvalue weighted by atomic mass is 16.2. The van der Waals surface area contributed by atoms with E-state index in [9.17, 15) is 9.59 Å². The fourth-order valence-corrected chi connectivity index (χ4v) is 1.16. The molecule has 0 aromatic heterocycles. The van der Waals surface area contributed by atoms with E-state index in [0.717, 1.165) is 12.8 Å². The number of nitrogens with one attached hydrogen (secondary N) is 2. The Morgan fingerprint density at radius 3 is 2.67 bits per heavy atom. The van der Waals surface area contributed by atoms with Crippen molar-refractivity contribution in [1.29, 1.82) is 0 Å². The monoisotopic (exact) mass is 252 g/mol. The van der Waals surface area contributed by atoms with Crippen LogP contribution in [0.3, 0.4) is 0 Å². The summed E-state index contributed by atoms with van der Waals surface area (Å²) < 4.78 is 0. The Balaban J connectivity index is 4.09. The maximum Gasteiger partial charge on any atom is 0.269 e. The summed E-state index contributed by atoms with van der Waals surface area (Å²) >= 11 is 0. The highest BCUT2D eigenvalue weighted by Gasteiger charge is 2.04. The van der Waals surface area contributed by atoms with Gasteiger partial charge in [0, 0.05) is 32.9 Å². The Morgan fingerprint density at radius 2 is 2.17 bits per heavy atom. The minimum Gasteiger partial charge on any atom is -0.385 e. The predicted molar refractivity (Wildman–Crippen MR) is 72.2 cm³/mol. The van der Waals surface area contributed by atoms with Gasteiger partial charge < -0.3 is 15.5 Å². The van der Waals surface area contributed by atoms with Crippen LogP contribution >= 0.6 is 0 Å². The molecule has 0 saturated heterocycles. The van der Waals surface area contributed by atoms with Gasteiger partial charge in [0.1, 0.15) is 5.70 Å². The molecule has 0 aliphatic rings. The van der Waals surface area contributed by atoms with Crippen LogP contribution in [0.15, 0.2) is 29.0 Å². The summed E-state index contributed by atoms with van der Waals surface area (Å²) in [6.07, 6.45) is 3.09. The average Bonchev–Trinajstić information content (AvgIpc) is 2.39. The first-order valence-corrected chi connectivity index (χ1v) is 5.54. The molecule has 2 amide bonds. The van der Waals surface area contributed by atoms with Gasteiger partial charge in [0.05, 0.1) is 0 Å². The number of hydrogen-bond donors (Lipinski definition) is 2. The molecule has 0 aromatic carbocycles. The number of carbonyl (C=O) groups is 2. The molecule has 100 valence electrons. The van der Waals surface area contributed by atoms with E-state index in [1.807, 2.05) is 0 Å². The van der Waals surface area contributed by atoms with Crippen molar-refractivity contribution >= 4 is 19.0 Å². The van der Waals surface area contributed by atoms with E-state index in [4.69, 9.17) is 0 Å². The van der Waals surface area contributed by atoms with Crippen LogP contribution in [0.4, 0.5) is 0 Å². The van der Waals surface area contributed by atoms with Crippen molar-refractivity contribution in [2.75, 3.05) is 27.2 Å². The number of hydrogen-bond acceptors (Lipinski definition) is 4. The van der Waals surface area contributed by atoms with E-state index in [1.165, 1.54) is 13.1 Å². The molecule has 18 heavy (non-hydrogen) atoms. The van der Waals surface area contributed by atoms with Crippen molar-refractivity contribution in [3.05, 3.63) is 24.0 Å². The predicted octanol–water partition coefficient (Wildman–Crippen LogP) is -0.101. The Hall–Kier alpha value is -2.11. The van der Waals surface area contributed by atoms with Crippen molar-refractivity contribution in [2.45, 2.75) is 6.42 Å². The topological polar surface area (TPSA) is 73.8 Å². The molecule has 0 fully saturated rings. The lowest BCUT2D eigenvalue weighted by Crippen LogP contribution is -2.23. The first-order chi connectivity index (χ1) is 8.54. The molecule has 0 aliphatic carbocycles. The highest BCUT2D eigenvalue weighted by molar-refractivity contribution is 5.93. The molecule has 0 radical (unpaired) electrons. The Morgan fingerprint density at radius 1 is 1.50 bits per heavy atom. The zero-order valence-corrected chi connectivity index (χ0v) is 10.9. The molecule has 0 atom stereocenters. The first-order valence-electron chi connectivity index (χ1n) is 5.54. The van der Waals surface area contributed by atoms with Crippen LogP contribution in [0.5, 0.6) is 0 Å². The van der Waals surface area contributed by atoms with Gasteiger partial charge in [-0.05, 0) is 19.2 Å². The van der Waals surface area contributed by atoms with Crippen molar-refractivity contribution in [1.82, 2.24) is 15.5 Å². The second kappa shape index (κ2) is 8.98. The molecule has 0 aliphatic heterocycles. The van der Waals surface area contributed by atoms with Gasteiger partial charge in [-0.25, -0.2) is 0 Å². The van der Waals surface area contributed by atoms with Crippen molar-refractivity contribution in [2.24, 2.45) is 4.99 Å². The standard InChI is InChI=1S/C12H20N4O2/c1-10(8-11(13-2)12(18)14-3)15-6-5-7-16(4)9-17/h8-9,15H,1-2,5-7H2,3-4H3,(H,14,18)/b11-8-. The minimum absolute atomic E-state index is 0.208. The van der Waals surface area contributed by atoms with E-state index >= 15 is 0 Å². The summed E-state index contributed by atoms with van der Waals surface area (Å²) in [5, 5.41) is 5.48. The normalized spacial score (nSPS) is 10.4. The molecule has 0 bridgehead atoms. The summed E-state index contributed by atoms with van der Waals surface area (Å²) in [7, 11) is 3.24. The van der Waals surface area contributed by atoms with Crippen LogP contribution in [0.2, 0.25) is 0 Å². The Kier molecular flexibility index (Phi) is 7.92. The highest BCUT2D eigenvalue weighted by Crippen LogP contribution is 2.00. The van der Waals surface area contributed by atoms with Gasteiger partial charge in [-0.15, -0.1) is 0 Å². The summed E-state index contributed by atoms with van der Waals surface area (Å²) in [5.74, 6) is -0.311. The lowest BCUT2D eigenvalue weighted by atomic mass is 10.3. The zero-order valence-electron chi connectivity index (χ0n) is 10.9. The van der Waals surface area contributed by atoms with Gasteiger partial charge in [-0.3, -0.25) is 14.6 Å². The molecular weight excluding hydrogens is 232 g/mol. The fraction of sp³-hybridized carbons (Fsp3) is 0.417. The lowest BCUT2D eigenvalue weighted by molar-refractivity contribution is -0.117. The van der Waals surface area contributed by atoms with Gasteiger partial charge in [0.15, 0.2) is 0 Å². The SMILES string of the molecule is C=N/C(=C\C(=C)NCCCN(C)C=O)C(=O)NC. The molecule has 6 heteroatoms. The number of carbonyl (C=O) groups excluding carboxylic acids is 2. The molecule has 6 nitrogen and oxygen atoms in total. The van der Waals surface area contributed by atoms with Gasteiger partial charge >= 0.3 is 0 Å². The lowest BCUT2D eigenvalue weighted by Gasteiger charge is -2.11. The Labute approximate surface area is 107 Å². The fourth-order valence-electron chi connectivity index (χ4n) is 1.16. The van der Waals surface area contributed by atoms with Gasteiger partial charge in [0.25, 0.3) is 5.91 Å². The third-order valence-electron chi connectivity index (χ3n) is 2.16. The smallest absolute Gasteiger partial charge is 0.269 e. The first kappa shape index (κ1) is 15.9. The van der Waals surface area contributed by atoms with Crippen molar-refractivity contribution < 1.29 is 9.59 Å². The van der Waals surface area contributed by atoms with Crippen LogP contribution in [0.1, 0.15) is 6.42 Å². The van der Waals surface area contributed by atoms with Gasteiger partial charge in [0.2, 0.25) is 6.41 Å². The number of nitrogens with zero attached hydrogens (tertiary/aromatic N) is 2. The van der Waals surface area contributed by atoms with Crippen LogP contribution in [-0.2, 0) is 9.59 Å². The number of allylic oxidation sites excluding steroid dienone is 1. The summed E-state index contributed by atoms with van der Waals surface area (Å²) in [6.45, 7) is 8.40. The summed E-state index contributed by atoms with van der Waals surface area (Å²) in [5.41, 5.74) is 0.787. The molecule has 0 aromatic rings. The third-order valence-corrected chi connectivity index (χ3v) is 2.16. The maximum absolute atomic E-state index is 11.3. The van der Waals surface area contributed by atoms with Crippen LogP contribution in [0.25, 0.3) is 0 Å². The molecule has 0 saturated carbocycles. The molecule has 0 heterocycles.